The summed E-state index contributed by atoms with van der Waals surface area (Å²) in [5.74, 6) is -0.743. The number of ether oxygens (including phenoxy) is 1. The molecule has 0 fully saturated rings. The van der Waals surface area contributed by atoms with Crippen molar-refractivity contribution in [3.8, 4) is 5.75 Å². The van der Waals surface area contributed by atoms with Gasteiger partial charge in [-0.2, -0.15) is 0 Å². The quantitative estimate of drug-likeness (QED) is 0.536. The monoisotopic (exact) mass is 372 g/mol. The third-order valence-electron chi connectivity index (χ3n) is 3.86. The molecule has 2 aromatic carbocycles. The second kappa shape index (κ2) is 9.59. The van der Waals surface area contributed by atoms with Gasteiger partial charge in [0.1, 0.15) is 25.0 Å². The maximum absolute atomic E-state index is 12.3. The number of hydrogen-bond donors (Lipinski definition) is 4. The second-order valence-electron chi connectivity index (χ2n) is 6.24. The Morgan fingerprint density at radius 1 is 1.15 bits per heavy atom. The predicted octanol–water partition coefficient (Wildman–Crippen LogP) is 1.97. The van der Waals surface area contributed by atoms with Crippen LogP contribution in [-0.2, 0) is 4.79 Å². The van der Waals surface area contributed by atoms with Gasteiger partial charge in [-0.3, -0.25) is 9.59 Å². The van der Waals surface area contributed by atoms with Gasteiger partial charge in [-0.05, 0) is 37.6 Å². The number of para-hydroxylation sites is 1. The number of benzene rings is 2. The summed E-state index contributed by atoms with van der Waals surface area (Å²) in [4.78, 5) is 23.0. The molecule has 1 amide bonds. The molecular formula is C20H24N2O5. The molecule has 7 heteroatoms. The van der Waals surface area contributed by atoms with Crippen LogP contribution in [0.2, 0.25) is 0 Å². The van der Waals surface area contributed by atoms with E-state index in [-0.39, 0.29) is 19.7 Å². The first-order valence-electron chi connectivity index (χ1n) is 8.58. The third kappa shape index (κ3) is 6.31. The zero-order valence-corrected chi connectivity index (χ0v) is 15.4. The summed E-state index contributed by atoms with van der Waals surface area (Å²) < 4.78 is 5.60. The zero-order valence-electron chi connectivity index (χ0n) is 15.4. The molecule has 0 bridgehead atoms. The highest BCUT2D eigenvalue weighted by Gasteiger charge is 2.14. The normalized spacial score (nSPS) is 11.5. The van der Waals surface area contributed by atoms with Crippen molar-refractivity contribution < 1.29 is 24.5 Å². The second-order valence-corrected chi connectivity index (χ2v) is 6.24. The van der Waals surface area contributed by atoms with Crippen LogP contribution in [0.5, 0.6) is 5.75 Å². The van der Waals surface area contributed by atoms with E-state index in [1.165, 1.54) is 0 Å². The van der Waals surface area contributed by atoms with Crippen LogP contribution in [0.4, 0.5) is 5.69 Å². The minimum atomic E-state index is -1.02. The first kappa shape index (κ1) is 20.3. The van der Waals surface area contributed by atoms with Gasteiger partial charge in [-0.25, -0.2) is 0 Å². The molecule has 0 aliphatic carbocycles. The highest BCUT2D eigenvalue weighted by molar-refractivity contribution is 5.99. The Labute approximate surface area is 158 Å². The van der Waals surface area contributed by atoms with E-state index in [1.54, 1.807) is 24.3 Å². The maximum atomic E-state index is 12.3. The van der Waals surface area contributed by atoms with Crippen LogP contribution < -0.4 is 15.4 Å². The van der Waals surface area contributed by atoms with Gasteiger partial charge in [0.25, 0.3) is 5.91 Å². The molecular weight excluding hydrogens is 348 g/mol. The Bertz CT molecular complexity index is 807. The van der Waals surface area contributed by atoms with Gasteiger partial charge < -0.3 is 25.6 Å². The summed E-state index contributed by atoms with van der Waals surface area (Å²) in [6.45, 7) is 3.68. The summed E-state index contributed by atoms with van der Waals surface area (Å²) in [5.41, 5.74) is 2.83. The minimum absolute atomic E-state index is 0.0109. The van der Waals surface area contributed by atoms with E-state index in [9.17, 15) is 14.7 Å². The van der Waals surface area contributed by atoms with Gasteiger partial charge in [-0.1, -0.05) is 29.8 Å². The third-order valence-corrected chi connectivity index (χ3v) is 3.86. The fourth-order valence-electron chi connectivity index (χ4n) is 2.52. The number of nitrogens with one attached hydrogen (secondary N) is 2. The molecule has 2 aromatic rings. The molecule has 0 spiro atoms. The summed E-state index contributed by atoms with van der Waals surface area (Å²) in [6.07, 6.45) is -0.881. The van der Waals surface area contributed by atoms with Gasteiger partial charge in [0.2, 0.25) is 0 Å². The average Bonchev–Trinajstić information content (AvgIpc) is 2.64. The molecule has 2 rings (SSSR count). The summed E-state index contributed by atoms with van der Waals surface area (Å²) >= 11 is 0. The lowest BCUT2D eigenvalue weighted by molar-refractivity contribution is -0.134. The number of amides is 1. The Morgan fingerprint density at radius 2 is 1.89 bits per heavy atom. The van der Waals surface area contributed by atoms with E-state index < -0.39 is 18.0 Å². The van der Waals surface area contributed by atoms with E-state index in [0.717, 1.165) is 11.1 Å². The van der Waals surface area contributed by atoms with Gasteiger partial charge in [-0.15, -0.1) is 0 Å². The smallest absolute Gasteiger partial charge is 0.322 e. The number of anilines is 1. The number of aliphatic hydroxyl groups excluding tert-OH is 1. The fourth-order valence-corrected chi connectivity index (χ4v) is 2.52. The molecule has 1 atom stereocenters. The largest absolute Gasteiger partial charge is 0.491 e. The van der Waals surface area contributed by atoms with Crippen LogP contribution in [0.25, 0.3) is 0 Å². The van der Waals surface area contributed by atoms with Crippen molar-refractivity contribution in [1.82, 2.24) is 5.32 Å². The predicted molar refractivity (Wildman–Crippen MR) is 102 cm³/mol. The van der Waals surface area contributed by atoms with Crippen LogP contribution in [0.15, 0.2) is 42.5 Å². The lowest BCUT2D eigenvalue weighted by Gasteiger charge is -2.16. The number of hydrogen-bond acceptors (Lipinski definition) is 5. The van der Waals surface area contributed by atoms with Crippen molar-refractivity contribution in [2.45, 2.75) is 20.0 Å². The Kier molecular flexibility index (Phi) is 7.19. The average molecular weight is 372 g/mol. The molecule has 0 aromatic heterocycles. The zero-order chi connectivity index (χ0) is 19.8. The van der Waals surface area contributed by atoms with E-state index in [0.29, 0.717) is 17.0 Å². The molecule has 144 valence electrons. The first-order chi connectivity index (χ1) is 12.9. The van der Waals surface area contributed by atoms with Gasteiger partial charge >= 0.3 is 5.97 Å². The van der Waals surface area contributed by atoms with Crippen molar-refractivity contribution in [3.05, 3.63) is 59.2 Å². The minimum Gasteiger partial charge on any atom is -0.491 e. The van der Waals surface area contributed by atoms with E-state index in [4.69, 9.17) is 9.84 Å². The summed E-state index contributed by atoms with van der Waals surface area (Å²) in [6, 6.07) is 12.4. The molecule has 0 radical (unpaired) electrons. The van der Waals surface area contributed by atoms with Crippen LogP contribution in [0, 0.1) is 13.8 Å². The Hall–Kier alpha value is -3.06. The fraction of sp³-hybridized carbons (Fsp3) is 0.300. The number of aliphatic carboxylic acids is 1. The molecule has 27 heavy (non-hydrogen) atoms. The standard InChI is InChI=1S/C20H24N2O5/c1-13-7-8-18(14(2)9-13)27-12-15(23)10-22-20(26)16-5-3-4-6-17(16)21-11-19(24)25/h3-9,15,21,23H,10-12H2,1-2H3,(H,22,26)(H,24,25)/t15-/m0/s1. The van der Waals surface area contributed by atoms with Crippen LogP contribution >= 0.6 is 0 Å². The van der Waals surface area contributed by atoms with Gasteiger partial charge in [0.15, 0.2) is 0 Å². The lowest BCUT2D eigenvalue weighted by atomic mass is 10.1. The summed E-state index contributed by atoms with van der Waals surface area (Å²) in [5, 5.41) is 24.1. The first-order valence-corrected chi connectivity index (χ1v) is 8.58. The van der Waals surface area contributed by atoms with E-state index in [1.807, 2.05) is 32.0 Å². The van der Waals surface area contributed by atoms with Crippen molar-refractivity contribution in [2.24, 2.45) is 0 Å². The van der Waals surface area contributed by atoms with Crippen LogP contribution in [-0.4, -0.2) is 47.9 Å². The van der Waals surface area contributed by atoms with Crippen molar-refractivity contribution in [1.29, 1.82) is 0 Å². The highest BCUT2D eigenvalue weighted by atomic mass is 16.5. The highest BCUT2D eigenvalue weighted by Crippen LogP contribution is 2.19. The number of rotatable bonds is 9. The van der Waals surface area contributed by atoms with Gasteiger partial charge in [0.05, 0.1) is 5.56 Å². The van der Waals surface area contributed by atoms with Gasteiger partial charge in [0, 0.05) is 12.2 Å². The van der Waals surface area contributed by atoms with Crippen LogP contribution in [0.3, 0.4) is 0 Å². The molecule has 0 saturated heterocycles. The number of carbonyl (C=O) groups is 2. The number of carbonyl (C=O) groups excluding carboxylic acids is 1. The van der Waals surface area contributed by atoms with E-state index >= 15 is 0 Å². The van der Waals surface area contributed by atoms with Crippen LogP contribution in [0.1, 0.15) is 21.5 Å². The molecule has 0 aliphatic rings. The number of aryl methyl sites for hydroxylation is 2. The lowest BCUT2D eigenvalue weighted by Crippen LogP contribution is -2.35. The molecule has 0 aliphatic heterocycles. The SMILES string of the molecule is Cc1ccc(OC[C@@H](O)CNC(=O)c2ccccc2NCC(=O)O)c(C)c1. The number of carboxylic acid groups (broad SMARTS) is 1. The Morgan fingerprint density at radius 3 is 2.59 bits per heavy atom. The van der Waals surface area contributed by atoms with E-state index in [2.05, 4.69) is 10.6 Å². The van der Waals surface area contributed by atoms with Crippen molar-refractivity contribution in [2.75, 3.05) is 25.0 Å². The number of carboxylic acids is 1. The van der Waals surface area contributed by atoms with Crippen molar-refractivity contribution >= 4 is 17.6 Å². The molecule has 0 heterocycles. The molecule has 0 saturated carbocycles. The maximum Gasteiger partial charge on any atom is 0.322 e. The van der Waals surface area contributed by atoms with Crippen molar-refractivity contribution in [3.63, 3.8) is 0 Å². The number of aliphatic hydroxyl groups is 1. The topological polar surface area (TPSA) is 108 Å². The Balaban J connectivity index is 1.87. The molecule has 0 unspecified atom stereocenters. The molecule has 7 nitrogen and oxygen atoms in total. The molecule has 4 N–H and O–H groups in total. The summed E-state index contributed by atoms with van der Waals surface area (Å²) in [7, 11) is 0.